The number of nitrogens with two attached hydrogens (primary N) is 4. The first-order valence-electron chi connectivity index (χ1n) is 9.51. The molecular weight excluding hydrogens is 376 g/mol. The molecular formula is C24H24N4O2. The summed E-state index contributed by atoms with van der Waals surface area (Å²) >= 11 is 0. The Hall–Kier alpha value is -3.74. The van der Waals surface area contributed by atoms with Crippen molar-refractivity contribution >= 4 is 11.4 Å². The molecule has 0 aromatic heterocycles. The summed E-state index contributed by atoms with van der Waals surface area (Å²) in [5.41, 5.74) is 24.7. The van der Waals surface area contributed by atoms with Gasteiger partial charge >= 0.3 is 0 Å². The molecule has 1 aliphatic rings. The van der Waals surface area contributed by atoms with E-state index in [2.05, 4.69) is 0 Å². The minimum Gasteiger partial charge on any atom is -0.467 e. The maximum atomic E-state index is 6.90. The van der Waals surface area contributed by atoms with Gasteiger partial charge in [0.05, 0.1) is 0 Å². The van der Waals surface area contributed by atoms with E-state index in [9.17, 15) is 0 Å². The van der Waals surface area contributed by atoms with Gasteiger partial charge in [0.2, 0.25) is 5.72 Å². The first-order chi connectivity index (χ1) is 14.4. The average molecular weight is 400 g/mol. The van der Waals surface area contributed by atoms with Crippen molar-refractivity contribution in [3.05, 3.63) is 108 Å². The van der Waals surface area contributed by atoms with Crippen LogP contribution >= 0.6 is 0 Å². The Bertz CT molecular complexity index is 1080. The van der Waals surface area contributed by atoms with E-state index in [1.807, 2.05) is 30.3 Å². The highest BCUT2D eigenvalue weighted by atomic mass is 16.5. The fourth-order valence-corrected chi connectivity index (χ4v) is 3.34. The monoisotopic (exact) mass is 400 g/mol. The predicted molar refractivity (Wildman–Crippen MR) is 119 cm³/mol. The highest BCUT2D eigenvalue weighted by Crippen LogP contribution is 2.38. The van der Waals surface area contributed by atoms with Gasteiger partial charge in [0, 0.05) is 11.4 Å². The predicted octanol–water partition coefficient (Wildman–Crippen LogP) is 3.27. The van der Waals surface area contributed by atoms with Crippen molar-refractivity contribution in [1.29, 1.82) is 0 Å². The zero-order chi connectivity index (χ0) is 21.2. The normalized spacial score (nSPS) is 22.9. The van der Waals surface area contributed by atoms with Crippen LogP contribution < -0.4 is 32.4 Å². The van der Waals surface area contributed by atoms with E-state index in [-0.39, 0.29) is 0 Å². The molecule has 0 bridgehead atoms. The van der Waals surface area contributed by atoms with Crippen LogP contribution in [0.2, 0.25) is 0 Å². The first-order valence-corrected chi connectivity index (χ1v) is 9.51. The molecule has 0 saturated carbocycles. The fourth-order valence-electron chi connectivity index (χ4n) is 3.34. The summed E-state index contributed by atoms with van der Waals surface area (Å²) in [5, 5.41) is 0. The largest absolute Gasteiger partial charge is 0.467 e. The van der Waals surface area contributed by atoms with Crippen LogP contribution in [0.25, 0.3) is 0 Å². The molecule has 6 nitrogen and oxygen atoms in total. The Balaban J connectivity index is 1.72. The van der Waals surface area contributed by atoms with Gasteiger partial charge in [-0.2, -0.15) is 0 Å². The Labute approximate surface area is 175 Å². The number of hydrogen-bond acceptors (Lipinski definition) is 6. The van der Waals surface area contributed by atoms with E-state index in [0.29, 0.717) is 28.6 Å². The molecule has 2 atom stereocenters. The number of benzene rings is 3. The van der Waals surface area contributed by atoms with E-state index in [1.54, 1.807) is 66.8 Å². The molecule has 0 spiro atoms. The molecule has 4 rings (SSSR count). The van der Waals surface area contributed by atoms with Crippen molar-refractivity contribution in [1.82, 2.24) is 0 Å². The summed E-state index contributed by atoms with van der Waals surface area (Å²) in [7, 11) is 0. The highest BCUT2D eigenvalue weighted by molar-refractivity contribution is 5.47. The van der Waals surface area contributed by atoms with Crippen LogP contribution in [0.5, 0.6) is 11.5 Å². The second kappa shape index (κ2) is 7.59. The van der Waals surface area contributed by atoms with Crippen molar-refractivity contribution < 1.29 is 9.47 Å². The average Bonchev–Trinajstić information content (AvgIpc) is 2.75. The molecule has 0 amide bonds. The summed E-state index contributed by atoms with van der Waals surface area (Å²) in [6.45, 7) is 0. The van der Waals surface area contributed by atoms with Gasteiger partial charge < -0.3 is 26.7 Å². The molecule has 2 unspecified atom stereocenters. The SMILES string of the molecule is Nc1ccc(OC2=CC(N)(c3ccccc3)C(N)(Oc3ccc(N)cc3)C=C2)cc1. The second-order valence-electron chi connectivity index (χ2n) is 7.25. The van der Waals surface area contributed by atoms with Crippen molar-refractivity contribution in [2.45, 2.75) is 11.3 Å². The number of allylic oxidation sites excluding steroid dienone is 1. The zero-order valence-electron chi connectivity index (χ0n) is 16.4. The third kappa shape index (κ3) is 3.74. The first kappa shape index (κ1) is 19.6. The Kier molecular flexibility index (Phi) is 4.95. The molecule has 30 heavy (non-hydrogen) atoms. The van der Waals surface area contributed by atoms with Gasteiger partial charge in [-0.25, -0.2) is 0 Å². The lowest BCUT2D eigenvalue weighted by molar-refractivity contribution is 0.0567. The Morgan fingerprint density at radius 2 is 1.23 bits per heavy atom. The van der Waals surface area contributed by atoms with Crippen LogP contribution in [0, 0.1) is 0 Å². The Morgan fingerprint density at radius 3 is 1.83 bits per heavy atom. The Morgan fingerprint density at radius 1 is 0.667 bits per heavy atom. The quantitative estimate of drug-likeness (QED) is 0.385. The number of anilines is 2. The van der Waals surface area contributed by atoms with Gasteiger partial charge in [-0.1, -0.05) is 30.3 Å². The molecule has 0 heterocycles. The maximum Gasteiger partial charge on any atom is 0.204 e. The number of nitrogen functional groups attached to an aromatic ring is 2. The lowest BCUT2D eigenvalue weighted by Gasteiger charge is -2.44. The third-order valence-electron chi connectivity index (χ3n) is 5.05. The van der Waals surface area contributed by atoms with Crippen LogP contribution in [0.1, 0.15) is 5.56 Å². The van der Waals surface area contributed by atoms with Crippen LogP contribution in [-0.2, 0) is 5.54 Å². The second-order valence-corrected chi connectivity index (χ2v) is 7.25. The molecule has 0 saturated heterocycles. The van der Waals surface area contributed by atoms with E-state index in [0.717, 1.165) is 5.56 Å². The zero-order valence-corrected chi connectivity index (χ0v) is 16.4. The minimum atomic E-state index is -1.36. The van der Waals surface area contributed by atoms with Gasteiger partial charge in [0.1, 0.15) is 22.8 Å². The van der Waals surface area contributed by atoms with E-state index < -0.39 is 11.3 Å². The lowest BCUT2D eigenvalue weighted by Crippen LogP contribution is -2.66. The highest BCUT2D eigenvalue weighted by Gasteiger charge is 2.49. The summed E-state index contributed by atoms with van der Waals surface area (Å²) < 4.78 is 12.2. The van der Waals surface area contributed by atoms with E-state index >= 15 is 0 Å². The van der Waals surface area contributed by atoms with Crippen molar-refractivity contribution in [3.63, 3.8) is 0 Å². The van der Waals surface area contributed by atoms with Crippen LogP contribution in [0.4, 0.5) is 11.4 Å². The van der Waals surface area contributed by atoms with E-state index in [1.165, 1.54) is 0 Å². The molecule has 0 radical (unpaired) electrons. The molecule has 0 fully saturated rings. The fraction of sp³-hybridized carbons (Fsp3) is 0.0833. The summed E-state index contributed by atoms with van der Waals surface area (Å²) in [5.74, 6) is 1.74. The van der Waals surface area contributed by atoms with E-state index in [4.69, 9.17) is 32.4 Å². The maximum absolute atomic E-state index is 6.90. The smallest absolute Gasteiger partial charge is 0.204 e. The van der Waals surface area contributed by atoms with Crippen LogP contribution in [0.3, 0.4) is 0 Å². The van der Waals surface area contributed by atoms with Gasteiger partial charge in [-0.3, -0.25) is 5.73 Å². The van der Waals surface area contributed by atoms with Crippen LogP contribution in [0.15, 0.2) is 103 Å². The van der Waals surface area contributed by atoms with Crippen molar-refractivity contribution in [2.75, 3.05) is 11.5 Å². The topological polar surface area (TPSA) is 123 Å². The molecule has 3 aromatic carbocycles. The molecule has 0 aliphatic heterocycles. The summed E-state index contributed by atoms with van der Waals surface area (Å²) in [4.78, 5) is 0. The number of ether oxygens (including phenoxy) is 2. The van der Waals surface area contributed by atoms with Gasteiger partial charge in [0.15, 0.2) is 0 Å². The van der Waals surface area contributed by atoms with Gasteiger partial charge in [-0.05, 0) is 72.3 Å². The third-order valence-corrected chi connectivity index (χ3v) is 5.05. The summed E-state index contributed by atoms with van der Waals surface area (Å²) in [6, 6.07) is 23.7. The molecule has 152 valence electrons. The minimum absolute atomic E-state index is 0.549. The van der Waals surface area contributed by atoms with Crippen molar-refractivity contribution in [2.24, 2.45) is 11.5 Å². The molecule has 8 N–H and O–H groups in total. The standard InChI is InChI=1S/C24H24N4O2/c25-18-6-10-20(11-7-18)29-22-14-15-24(28,30-21-12-8-19(26)9-13-21)23(27,16-22)17-4-2-1-3-5-17/h1-16H,25-28H2. The number of rotatable bonds is 5. The summed E-state index contributed by atoms with van der Waals surface area (Å²) in [6.07, 6.45) is 5.24. The van der Waals surface area contributed by atoms with Gasteiger partial charge in [0.25, 0.3) is 0 Å². The number of hydrogen-bond donors (Lipinski definition) is 4. The van der Waals surface area contributed by atoms with Crippen molar-refractivity contribution in [3.8, 4) is 11.5 Å². The van der Waals surface area contributed by atoms with Crippen LogP contribution in [-0.4, -0.2) is 5.72 Å². The van der Waals surface area contributed by atoms with Gasteiger partial charge in [-0.15, -0.1) is 0 Å². The molecule has 6 heteroatoms. The molecule has 3 aromatic rings. The molecule has 1 aliphatic carbocycles. The lowest BCUT2D eigenvalue weighted by atomic mass is 9.77.